The highest BCUT2D eigenvalue weighted by Gasteiger charge is 2.35. The highest BCUT2D eigenvalue weighted by molar-refractivity contribution is 6.35. The molecule has 1 atom stereocenters. The summed E-state index contributed by atoms with van der Waals surface area (Å²) in [5.41, 5.74) is 2.42. The van der Waals surface area contributed by atoms with Crippen LogP contribution in [0.3, 0.4) is 0 Å². The zero-order chi connectivity index (χ0) is 19.7. The summed E-state index contributed by atoms with van der Waals surface area (Å²) >= 11 is 12.0. The van der Waals surface area contributed by atoms with Crippen LogP contribution in [-0.4, -0.2) is 29.2 Å². The monoisotopic (exact) mass is 404 g/mol. The van der Waals surface area contributed by atoms with Crippen molar-refractivity contribution in [3.05, 3.63) is 68.7 Å². The van der Waals surface area contributed by atoms with Gasteiger partial charge in [0.2, 0.25) is 5.91 Å². The van der Waals surface area contributed by atoms with Crippen LogP contribution in [0.25, 0.3) is 0 Å². The van der Waals surface area contributed by atoms with Crippen LogP contribution in [0.5, 0.6) is 0 Å². The fraction of sp³-hybridized carbons (Fsp3) is 0.250. The van der Waals surface area contributed by atoms with Gasteiger partial charge in [-0.25, -0.2) is 0 Å². The van der Waals surface area contributed by atoms with Gasteiger partial charge in [0.25, 0.3) is 11.8 Å². The minimum atomic E-state index is -0.364. The summed E-state index contributed by atoms with van der Waals surface area (Å²) in [5.74, 6) is -1.00. The number of imide groups is 1. The molecule has 0 aliphatic carbocycles. The third-order valence-electron chi connectivity index (χ3n) is 4.50. The molecule has 0 aromatic heterocycles. The fourth-order valence-electron chi connectivity index (χ4n) is 3.07. The molecule has 0 spiro atoms. The molecule has 1 heterocycles. The molecule has 1 aliphatic rings. The number of fused-ring (bicyclic) bond motifs is 1. The van der Waals surface area contributed by atoms with Gasteiger partial charge in [-0.15, -0.1) is 0 Å². The van der Waals surface area contributed by atoms with E-state index in [1.165, 1.54) is 0 Å². The zero-order valence-electron chi connectivity index (χ0n) is 14.9. The molecule has 0 radical (unpaired) electrons. The minimum absolute atomic E-state index is 0.0139. The van der Waals surface area contributed by atoms with Crippen molar-refractivity contribution >= 4 is 40.9 Å². The first kappa shape index (κ1) is 19.4. The van der Waals surface area contributed by atoms with Gasteiger partial charge in [0, 0.05) is 23.0 Å². The van der Waals surface area contributed by atoms with Gasteiger partial charge in [-0.05, 0) is 43.7 Å². The van der Waals surface area contributed by atoms with Crippen molar-refractivity contribution in [3.8, 4) is 0 Å². The van der Waals surface area contributed by atoms with E-state index in [4.69, 9.17) is 23.2 Å². The Morgan fingerprint density at radius 2 is 1.78 bits per heavy atom. The van der Waals surface area contributed by atoms with Crippen LogP contribution in [0.4, 0.5) is 0 Å². The van der Waals surface area contributed by atoms with E-state index in [2.05, 4.69) is 5.32 Å². The summed E-state index contributed by atoms with van der Waals surface area (Å²) in [4.78, 5) is 38.2. The smallest absolute Gasteiger partial charge is 0.261 e. The molecule has 1 N–H and O–H groups in total. The number of nitrogens with one attached hydrogen (secondary N) is 1. The van der Waals surface area contributed by atoms with Crippen molar-refractivity contribution in [2.75, 3.05) is 6.54 Å². The van der Waals surface area contributed by atoms with Crippen LogP contribution in [0.2, 0.25) is 10.0 Å². The predicted molar refractivity (Wildman–Crippen MR) is 104 cm³/mol. The van der Waals surface area contributed by atoms with Gasteiger partial charge in [-0.1, -0.05) is 40.9 Å². The van der Waals surface area contributed by atoms with E-state index < -0.39 is 0 Å². The normalized spacial score (nSPS) is 14.3. The van der Waals surface area contributed by atoms with Crippen LogP contribution in [0, 0.1) is 6.92 Å². The summed E-state index contributed by atoms with van der Waals surface area (Å²) in [6, 6.07) is 9.87. The second-order valence-electron chi connectivity index (χ2n) is 6.52. The number of benzene rings is 2. The second-order valence-corrected chi connectivity index (χ2v) is 7.36. The Morgan fingerprint density at radius 3 is 2.48 bits per heavy atom. The molecule has 3 rings (SSSR count). The molecule has 0 saturated heterocycles. The Hall–Kier alpha value is -2.37. The third-order valence-corrected chi connectivity index (χ3v) is 5.06. The molecular formula is C20H18Cl2N2O3. The molecule has 0 bridgehead atoms. The lowest BCUT2D eigenvalue weighted by Gasteiger charge is -2.18. The number of hydrogen-bond donors (Lipinski definition) is 1. The second kappa shape index (κ2) is 7.71. The molecular weight excluding hydrogens is 387 g/mol. The van der Waals surface area contributed by atoms with Gasteiger partial charge in [0.15, 0.2) is 0 Å². The average Bonchev–Trinajstić information content (AvgIpc) is 2.83. The molecule has 140 valence electrons. The van der Waals surface area contributed by atoms with E-state index in [1.807, 2.05) is 6.92 Å². The van der Waals surface area contributed by atoms with Crippen LogP contribution in [0.1, 0.15) is 51.2 Å². The number of halogens is 2. The lowest BCUT2D eigenvalue weighted by Crippen LogP contribution is -2.35. The van der Waals surface area contributed by atoms with Crippen molar-refractivity contribution in [3.63, 3.8) is 0 Å². The van der Waals surface area contributed by atoms with Crippen molar-refractivity contribution in [1.29, 1.82) is 0 Å². The van der Waals surface area contributed by atoms with Crippen LogP contribution < -0.4 is 5.32 Å². The maximum absolute atomic E-state index is 12.4. The molecule has 2 aromatic rings. The van der Waals surface area contributed by atoms with Crippen molar-refractivity contribution in [2.24, 2.45) is 0 Å². The van der Waals surface area contributed by atoms with E-state index in [1.54, 1.807) is 43.3 Å². The number of hydrogen-bond acceptors (Lipinski definition) is 3. The maximum Gasteiger partial charge on any atom is 0.261 e. The third kappa shape index (κ3) is 3.99. The minimum Gasteiger partial charge on any atom is -0.349 e. The molecule has 1 unspecified atom stereocenters. The van der Waals surface area contributed by atoms with E-state index in [9.17, 15) is 14.4 Å². The summed E-state index contributed by atoms with van der Waals surface area (Å²) < 4.78 is 0. The summed E-state index contributed by atoms with van der Waals surface area (Å²) in [5, 5.41) is 3.81. The van der Waals surface area contributed by atoms with Gasteiger partial charge >= 0.3 is 0 Å². The van der Waals surface area contributed by atoms with Gasteiger partial charge in [-0.3, -0.25) is 19.3 Å². The quantitative estimate of drug-likeness (QED) is 0.760. The van der Waals surface area contributed by atoms with Gasteiger partial charge in [0.05, 0.1) is 17.2 Å². The Labute approximate surface area is 167 Å². The molecule has 0 saturated carbocycles. The number of carbonyl (C=O) groups excluding carboxylic acids is 3. The Balaban J connectivity index is 1.61. The summed E-state index contributed by atoms with van der Waals surface area (Å²) in [6.45, 7) is 3.69. The lowest BCUT2D eigenvalue weighted by molar-refractivity contribution is -0.121. The fourth-order valence-corrected chi connectivity index (χ4v) is 3.64. The van der Waals surface area contributed by atoms with Crippen LogP contribution in [-0.2, 0) is 4.79 Å². The largest absolute Gasteiger partial charge is 0.349 e. The standard InChI is InChI=1S/C20H18Cl2N2O3/c1-11-3-5-15-16(9-11)20(27)24(19(15)26)8-7-18(25)23-12(2)14-6-4-13(21)10-17(14)22/h3-6,9-10,12H,7-8H2,1-2H3,(H,23,25). The maximum atomic E-state index is 12.4. The average molecular weight is 405 g/mol. The topological polar surface area (TPSA) is 66.5 Å². The van der Waals surface area contributed by atoms with E-state index in [-0.39, 0.29) is 36.7 Å². The number of aryl methyl sites for hydroxylation is 1. The molecule has 1 aliphatic heterocycles. The number of nitrogens with zero attached hydrogens (tertiary/aromatic N) is 1. The van der Waals surface area contributed by atoms with Gasteiger partial charge in [0.1, 0.15) is 0 Å². The number of rotatable bonds is 5. The molecule has 5 nitrogen and oxygen atoms in total. The zero-order valence-corrected chi connectivity index (χ0v) is 16.4. The predicted octanol–water partition coefficient (Wildman–Crippen LogP) is 4.17. The first-order valence-electron chi connectivity index (χ1n) is 8.49. The van der Waals surface area contributed by atoms with E-state index >= 15 is 0 Å². The van der Waals surface area contributed by atoms with Gasteiger partial charge in [-0.2, -0.15) is 0 Å². The van der Waals surface area contributed by atoms with E-state index in [0.29, 0.717) is 21.2 Å². The molecule has 3 amide bonds. The first-order chi connectivity index (χ1) is 12.8. The molecule has 0 fully saturated rings. The van der Waals surface area contributed by atoms with Gasteiger partial charge < -0.3 is 5.32 Å². The van der Waals surface area contributed by atoms with E-state index in [0.717, 1.165) is 16.0 Å². The number of amides is 3. The summed E-state index contributed by atoms with van der Waals surface area (Å²) in [7, 11) is 0. The van der Waals surface area contributed by atoms with Crippen molar-refractivity contribution in [1.82, 2.24) is 10.2 Å². The first-order valence-corrected chi connectivity index (χ1v) is 9.24. The Kier molecular flexibility index (Phi) is 5.53. The highest BCUT2D eigenvalue weighted by Crippen LogP contribution is 2.27. The van der Waals surface area contributed by atoms with Crippen molar-refractivity contribution in [2.45, 2.75) is 26.3 Å². The van der Waals surface area contributed by atoms with Crippen LogP contribution >= 0.6 is 23.2 Å². The van der Waals surface area contributed by atoms with Crippen LogP contribution in [0.15, 0.2) is 36.4 Å². The molecule has 27 heavy (non-hydrogen) atoms. The Morgan fingerprint density at radius 1 is 1.07 bits per heavy atom. The highest BCUT2D eigenvalue weighted by atomic mass is 35.5. The lowest BCUT2D eigenvalue weighted by atomic mass is 10.1. The SMILES string of the molecule is Cc1ccc2c(c1)C(=O)N(CCC(=O)NC(C)c1ccc(Cl)cc1Cl)C2=O. The molecule has 2 aromatic carbocycles. The molecule has 7 heteroatoms. The Bertz CT molecular complexity index is 943. The van der Waals surface area contributed by atoms with Crippen molar-refractivity contribution < 1.29 is 14.4 Å². The summed E-state index contributed by atoms with van der Waals surface area (Å²) in [6.07, 6.45) is 0.0139. The number of carbonyl (C=O) groups is 3.